The molecule has 0 spiro atoms. The van der Waals surface area contributed by atoms with E-state index < -0.39 is 10.0 Å². The summed E-state index contributed by atoms with van der Waals surface area (Å²) >= 11 is 0. The average molecular weight is 417 g/mol. The van der Waals surface area contributed by atoms with Crippen molar-refractivity contribution in [2.24, 2.45) is 5.92 Å². The maximum absolute atomic E-state index is 12.3. The Morgan fingerprint density at radius 2 is 1.93 bits per heavy atom. The smallest absolute Gasteiger partial charge is 0.211 e. The fraction of sp³-hybridized carbons (Fsp3) is 0.684. The van der Waals surface area contributed by atoms with E-state index in [-0.39, 0.29) is 24.5 Å². The lowest BCUT2D eigenvalue weighted by Gasteiger charge is -2.51. The molecule has 1 aromatic carbocycles. The van der Waals surface area contributed by atoms with Crippen LogP contribution >= 0.6 is 12.4 Å². The molecule has 3 aliphatic heterocycles. The Hall–Kier alpha value is -1.02. The van der Waals surface area contributed by atoms with E-state index in [2.05, 4.69) is 11.0 Å². The fourth-order valence-electron chi connectivity index (χ4n) is 5.23. The Morgan fingerprint density at radius 1 is 1.15 bits per heavy atom. The molecule has 0 amide bonds. The third-order valence-electron chi connectivity index (χ3n) is 6.34. The molecule has 2 fully saturated rings. The third kappa shape index (κ3) is 3.55. The van der Waals surface area contributed by atoms with Crippen molar-refractivity contribution in [3.05, 3.63) is 23.3 Å². The summed E-state index contributed by atoms with van der Waals surface area (Å²) in [6.07, 6.45) is 5.25. The van der Waals surface area contributed by atoms with Gasteiger partial charge in [-0.3, -0.25) is 4.90 Å². The van der Waals surface area contributed by atoms with Crippen molar-refractivity contribution in [3.8, 4) is 11.5 Å². The highest BCUT2D eigenvalue weighted by Gasteiger charge is 2.46. The van der Waals surface area contributed by atoms with Crippen LogP contribution in [0.1, 0.15) is 36.4 Å². The van der Waals surface area contributed by atoms with E-state index in [1.807, 2.05) is 6.07 Å². The van der Waals surface area contributed by atoms with Crippen molar-refractivity contribution in [2.75, 3.05) is 40.1 Å². The highest BCUT2D eigenvalue weighted by atomic mass is 35.5. The Balaban J connectivity index is 0.00000210. The summed E-state index contributed by atoms with van der Waals surface area (Å²) in [5.41, 5.74) is 2.49. The zero-order valence-electron chi connectivity index (χ0n) is 16.2. The molecule has 27 heavy (non-hydrogen) atoms. The number of sulfonamides is 1. The molecule has 3 aliphatic rings. The fourth-order valence-corrected chi connectivity index (χ4v) is 6.44. The van der Waals surface area contributed by atoms with Crippen LogP contribution in [0, 0.1) is 5.92 Å². The highest BCUT2D eigenvalue weighted by molar-refractivity contribution is 7.88. The van der Waals surface area contributed by atoms with Gasteiger partial charge in [-0.25, -0.2) is 8.42 Å². The van der Waals surface area contributed by atoms with Gasteiger partial charge in [0.1, 0.15) is 0 Å². The number of fused-ring (bicyclic) bond motifs is 4. The molecule has 0 aliphatic carbocycles. The molecule has 1 aromatic rings. The van der Waals surface area contributed by atoms with Gasteiger partial charge in [-0.05, 0) is 43.2 Å². The zero-order chi connectivity index (χ0) is 18.5. The van der Waals surface area contributed by atoms with Gasteiger partial charge in [-0.1, -0.05) is 6.07 Å². The summed E-state index contributed by atoms with van der Waals surface area (Å²) in [5.74, 6) is 1.98. The molecule has 0 radical (unpaired) electrons. The summed E-state index contributed by atoms with van der Waals surface area (Å²) in [5, 5.41) is 0. The molecule has 0 bridgehead atoms. The third-order valence-corrected chi connectivity index (χ3v) is 7.65. The van der Waals surface area contributed by atoms with E-state index in [1.54, 1.807) is 18.5 Å². The monoisotopic (exact) mass is 416 g/mol. The molecule has 4 rings (SSSR count). The van der Waals surface area contributed by atoms with E-state index in [9.17, 15) is 8.42 Å². The summed E-state index contributed by atoms with van der Waals surface area (Å²) in [7, 11) is 0.167. The first-order chi connectivity index (χ1) is 12.4. The molecular formula is C19H29ClN2O4S. The molecule has 3 atom stereocenters. The van der Waals surface area contributed by atoms with Gasteiger partial charge >= 0.3 is 0 Å². The summed E-state index contributed by atoms with van der Waals surface area (Å²) in [6, 6.07) is 4.38. The van der Waals surface area contributed by atoms with Gasteiger partial charge in [-0.2, -0.15) is 4.31 Å². The van der Waals surface area contributed by atoms with Crippen LogP contribution in [0.25, 0.3) is 0 Å². The number of benzene rings is 1. The van der Waals surface area contributed by atoms with Crippen LogP contribution in [0.4, 0.5) is 0 Å². The predicted molar refractivity (Wildman–Crippen MR) is 107 cm³/mol. The quantitative estimate of drug-likeness (QED) is 0.757. The maximum atomic E-state index is 12.3. The number of hydrogen-bond acceptors (Lipinski definition) is 5. The first-order valence-electron chi connectivity index (χ1n) is 9.38. The van der Waals surface area contributed by atoms with Crippen LogP contribution < -0.4 is 9.47 Å². The summed E-state index contributed by atoms with van der Waals surface area (Å²) in [4.78, 5) is 2.53. The SMILES string of the molecule is COc1ccc2c(c1OC)[C@H]1C[C@H]3[C@H](CCCN3S(C)(=O)=O)CN1CC2.Cl. The molecule has 6 nitrogen and oxygen atoms in total. The Labute approximate surface area is 168 Å². The van der Waals surface area contributed by atoms with Crippen LogP contribution in [-0.4, -0.2) is 63.8 Å². The van der Waals surface area contributed by atoms with E-state index >= 15 is 0 Å². The van der Waals surface area contributed by atoms with E-state index in [0.717, 1.165) is 50.3 Å². The number of methoxy groups -OCH3 is 2. The van der Waals surface area contributed by atoms with Gasteiger partial charge in [0.15, 0.2) is 11.5 Å². The average Bonchev–Trinajstić information content (AvgIpc) is 2.63. The van der Waals surface area contributed by atoms with Crippen LogP contribution in [0.2, 0.25) is 0 Å². The molecule has 0 saturated carbocycles. The number of nitrogens with zero attached hydrogens (tertiary/aromatic N) is 2. The number of ether oxygens (including phenoxy) is 2. The number of piperidine rings is 2. The van der Waals surface area contributed by atoms with Gasteiger partial charge in [-0.15, -0.1) is 12.4 Å². The van der Waals surface area contributed by atoms with Crippen molar-refractivity contribution in [1.29, 1.82) is 0 Å². The number of rotatable bonds is 3. The van der Waals surface area contributed by atoms with Gasteiger partial charge in [0.2, 0.25) is 10.0 Å². The van der Waals surface area contributed by atoms with Crippen molar-refractivity contribution >= 4 is 22.4 Å². The van der Waals surface area contributed by atoms with Crippen LogP contribution in [0.3, 0.4) is 0 Å². The van der Waals surface area contributed by atoms with E-state index in [0.29, 0.717) is 12.5 Å². The molecule has 0 unspecified atom stereocenters. The second kappa shape index (κ2) is 7.78. The Bertz CT molecular complexity index is 801. The van der Waals surface area contributed by atoms with Crippen molar-refractivity contribution in [1.82, 2.24) is 9.21 Å². The molecule has 0 aromatic heterocycles. The van der Waals surface area contributed by atoms with Gasteiger partial charge in [0, 0.05) is 37.3 Å². The Morgan fingerprint density at radius 3 is 2.59 bits per heavy atom. The first-order valence-corrected chi connectivity index (χ1v) is 11.2. The van der Waals surface area contributed by atoms with Crippen LogP contribution in [0.5, 0.6) is 11.5 Å². The van der Waals surface area contributed by atoms with Crippen LogP contribution in [0.15, 0.2) is 12.1 Å². The zero-order valence-corrected chi connectivity index (χ0v) is 17.8. The second-order valence-corrected chi connectivity index (χ2v) is 9.65. The lowest BCUT2D eigenvalue weighted by atomic mass is 9.77. The van der Waals surface area contributed by atoms with Gasteiger partial charge in [0.05, 0.1) is 20.5 Å². The molecule has 0 N–H and O–H groups in total. The first kappa shape index (κ1) is 20.7. The largest absolute Gasteiger partial charge is 0.493 e. The maximum Gasteiger partial charge on any atom is 0.211 e. The van der Waals surface area contributed by atoms with Gasteiger partial charge in [0.25, 0.3) is 0 Å². The highest BCUT2D eigenvalue weighted by Crippen LogP contribution is 2.48. The Kier molecular flexibility index (Phi) is 5.96. The number of hydrogen-bond donors (Lipinski definition) is 0. The molecule has 3 heterocycles. The molecule has 152 valence electrons. The second-order valence-electron chi connectivity index (χ2n) is 7.71. The van der Waals surface area contributed by atoms with Crippen molar-refractivity contribution in [2.45, 2.75) is 37.8 Å². The standard InChI is InChI=1S/C19H28N2O4S.ClH/c1-24-17-7-6-13-8-10-20-12-14-5-4-9-21(26(3,22)23)15(14)11-16(20)18(13)19(17)25-2;/h6-7,14-16H,4-5,8-12H2,1-3H3;1H/t14-,15+,16-;/m1./s1. The topological polar surface area (TPSA) is 59.1 Å². The molecular weight excluding hydrogens is 388 g/mol. The minimum atomic E-state index is -3.18. The molecule has 2 saturated heterocycles. The number of halogens is 1. The minimum absolute atomic E-state index is 0. The summed E-state index contributed by atoms with van der Waals surface area (Å²) < 4.78 is 37.7. The normalized spacial score (nSPS) is 28.3. The van der Waals surface area contributed by atoms with Crippen LogP contribution in [-0.2, 0) is 16.4 Å². The molecule has 8 heteroatoms. The minimum Gasteiger partial charge on any atom is -0.493 e. The van der Waals surface area contributed by atoms with Crippen molar-refractivity contribution < 1.29 is 17.9 Å². The predicted octanol–water partition coefficient (Wildman–Crippen LogP) is 2.47. The lowest BCUT2D eigenvalue weighted by molar-refractivity contribution is 0.0211. The summed E-state index contributed by atoms with van der Waals surface area (Å²) in [6.45, 7) is 2.63. The lowest BCUT2D eigenvalue weighted by Crippen LogP contribution is -2.57. The van der Waals surface area contributed by atoms with E-state index in [4.69, 9.17) is 9.47 Å². The van der Waals surface area contributed by atoms with Crippen molar-refractivity contribution in [3.63, 3.8) is 0 Å². The van der Waals surface area contributed by atoms with E-state index in [1.165, 1.54) is 17.4 Å². The van der Waals surface area contributed by atoms with Gasteiger partial charge < -0.3 is 9.47 Å².